The zero-order valence-corrected chi connectivity index (χ0v) is 16.6. The summed E-state index contributed by atoms with van der Waals surface area (Å²) >= 11 is 0. The van der Waals surface area contributed by atoms with Crippen LogP contribution in [0.1, 0.15) is 16.8 Å². The number of benzene rings is 3. The molecule has 0 N–H and O–H groups in total. The molecule has 32 heavy (non-hydrogen) atoms. The third-order valence-corrected chi connectivity index (χ3v) is 5.08. The smallest absolute Gasteiger partial charge is 0.416 e. The zero-order chi connectivity index (χ0) is 22.1. The largest absolute Gasteiger partial charge is 0.432 e. The number of rotatable bonds is 5. The molecule has 0 saturated heterocycles. The Morgan fingerprint density at radius 1 is 1.00 bits per heavy atom. The third-order valence-electron chi connectivity index (χ3n) is 5.08. The average molecular weight is 435 g/mol. The van der Waals surface area contributed by atoms with Crippen molar-refractivity contribution in [2.45, 2.75) is 12.8 Å². The van der Waals surface area contributed by atoms with Gasteiger partial charge >= 0.3 is 12.0 Å². The maximum Gasteiger partial charge on any atom is 0.416 e. The van der Waals surface area contributed by atoms with E-state index in [9.17, 15) is 13.2 Å². The van der Waals surface area contributed by atoms with Crippen molar-refractivity contribution in [2.75, 3.05) is 0 Å². The van der Waals surface area contributed by atoms with Gasteiger partial charge in [-0.15, -0.1) is 0 Å². The molecule has 0 fully saturated rings. The van der Waals surface area contributed by atoms with Gasteiger partial charge in [-0.25, -0.2) is 0 Å². The maximum absolute atomic E-state index is 12.7. The highest BCUT2D eigenvalue weighted by atomic mass is 19.4. The van der Waals surface area contributed by atoms with Crippen molar-refractivity contribution in [3.63, 3.8) is 0 Å². The third kappa shape index (κ3) is 3.82. The van der Waals surface area contributed by atoms with Crippen LogP contribution >= 0.6 is 0 Å². The predicted octanol–water partition coefficient (Wildman–Crippen LogP) is 6.32. The number of oxime groups is 1. The van der Waals surface area contributed by atoms with Crippen LogP contribution in [-0.2, 0) is 17.6 Å². The van der Waals surface area contributed by atoms with Crippen LogP contribution in [-0.4, -0.2) is 15.6 Å². The van der Waals surface area contributed by atoms with Gasteiger partial charge in [0.15, 0.2) is 0 Å². The number of hydrogen-bond donors (Lipinski definition) is 0. The lowest BCUT2D eigenvalue weighted by Gasteiger charge is -2.07. The Kier molecular flexibility index (Phi) is 4.89. The van der Waals surface area contributed by atoms with E-state index in [1.807, 2.05) is 42.5 Å². The number of alkyl halides is 3. The Labute approximate surface area is 180 Å². The second-order valence-corrected chi connectivity index (χ2v) is 7.17. The summed E-state index contributed by atoms with van der Waals surface area (Å²) in [5.41, 5.74) is 2.11. The Morgan fingerprint density at radius 2 is 1.78 bits per heavy atom. The summed E-state index contributed by atoms with van der Waals surface area (Å²) in [6, 6.07) is 18.8. The molecular weight excluding hydrogens is 419 g/mol. The molecule has 0 bridgehead atoms. The SMILES string of the molecule is FC(F)(F)c1ccc(CON=Cc2c(-c3ccc4ccccc4c3)nc3occn23)cc1. The van der Waals surface area contributed by atoms with E-state index < -0.39 is 11.7 Å². The highest BCUT2D eigenvalue weighted by molar-refractivity contribution is 5.92. The van der Waals surface area contributed by atoms with Crippen molar-refractivity contribution < 1.29 is 22.4 Å². The van der Waals surface area contributed by atoms with Gasteiger partial charge in [-0.2, -0.15) is 18.2 Å². The minimum atomic E-state index is -4.37. The molecule has 2 heterocycles. The summed E-state index contributed by atoms with van der Waals surface area (Å²) < 4.78 is 45.2. The van der Waals surface area contributed by atoms with Crippen LogP contribution in [0.25, 0.3) is 27.9 Å². The molecular formula is C24H16F3N3O2. The molecule has 160 valence electrons. The fourth-order valence-corrected chi connectivity index (χ4v) is 3.46. The molecule has 0 spiro atoms. The van der Waals surface area contributed by atoms with E-state index in [4.69, 9.17) is 9.25 Å². The molecule has 0 aliphatic carbocycles. The van der Waals surface area contributed by atoms with E-state index in [1.165, 1.54) is 24.6 Å². The van der Waals surface area contributed by atoms with Gasteiger partial charge < -0.3 is 9.25 Å². The summed E-state index contributed by atoms with van der Waals surface area (Å²) in [7, 11) is 0. The van der Waals surface area contributed by atoms with Gasteiger partial charge in [0.05, 0.1) is 17.5 Å². The first-order valence-electron chi connectivity index (χ1n) is 9.75. The molecule has 2 aromatic heterocycles. The number of imidazole rings is 1. The lowest BCUT2D eigenvalue weighted by molar-refractivity contribution is -0.137. The zero-order valence-electron chi connectivity index (χ0n) is 16.6. The Morgan fingerprint density at radius 3 is 2.56 bits per heavy atom. The molecule has 0 atom stereocenters. The molecule has 0 saturated carbocycles. The van der Waals surface area contributed by atoms with Gasteiger partial charge in [-0.1, -0.05) is 53.7 Å². The van der Waals surface area contributed by atoms with Crippen molar-refractivity contribution in [3.05, 3.63) is 96.0 Å². The molecule has 5 rings (SSSR count). The molecule has 8 heteroatoms. The van der Waals surface area contributed by atoms with Crippen LogP contribution in [0.3, 0.4) is 0 Å². The summed E-state index contributed by atoms with van der Waals surface area (Å²) in [4.78, 5) is 9.88. The van der Waals surface area contributed by atoms with Gasteiger partial charge in [-0.05, 0) is 34.5 Å². The number of aromatic nitrogens is 2. The monoisotopic (exact) mass is 435 g/mol. The van der Waals surface area contributed by atoms with Crippen molar-refractivity contribution in [1.82, 2.24) is 9.38 Å². The van der Waals surface area contributed by atoms with Crippen LogP contribution < -0.4 is 0 Å². The summed E-state index contributed by atoms with van der Waals surface area (Å²) in [6.07, 6.45) is 0.399. The van der Waals surface area contributed by atoms with Crippen LogP contribution in [0, 0.1) is 0 Å². The Bertz CT molecular complexity index is 1420. The molecule has 3 aromatic carbocycles. The quantitative estimate of drug-likeness (QED) is 0.240. The first kappa shape index (κ1) is 19.9. The number of oxazole rings is 1. The summed E-state index contributed by atoms with van der Waals surface area (Å²) in [5.74, 6) is 0.414. The highest BCUT2D eigenvalue weighted by Crippen LogP contribution is 2.29. The van der Waals surface area contributed by atoms with Crippen molar-refractivity contribution in [1.29, 1.82) is 0 Å². The van der Waals surface area contributed by atoms with Gasteiger partial charge in [0.25, 0.3) is 0 Å². The first-order valence-corrected chi connectivity index (χ1v) is 9.75. The Balaban J connectivity index is 1.39. The van der Waals surface area contributed by atoms with Crippen molar-refractivity contribution >= 4 is 22.8 Å². The van der Waals surface area contributed by atoms with E-state index in [-0.39, 0.29) is 6.61 Å². The molecule has 5 nitrogen and oxygen atoms in total. The minimum Gasteiger partial charge on any atom is -0.432 e. The fraction of sp³-hybridized carbons (Fsp3) is 0.0833. The van der Waals surface area contributed by atoms with Crippen LogP contribution in [0.4, 0.5) is 13.2 Å². The van der Waals surface area contributed by atoms with E-state index in [0.29, 0.717) is 22.8 Å². The molecule has 0 amide bonds. The number of fused-ring (bicyclic) bond motifs is 2. The van der Waals surface area contributed by atoms with E-state index >= 15 is 0 Å². The van der Waals surface area contributed by atoms with Crippen molar-refractivity contribution in [2.24, 2.45) is 5.16 Å². The van der Waals surface area contributed by atoms with Crippen LogP contribution in [0.15, 0.2) is 88.8 Å². The molecule has 0 radical (unpaired) electrons. The fourth-order valence-electron chi connectivity index (χ4n) is 3.46. The van der Waals surface area contributed by atoms with Crippen LogP contribution in [0.5, 0.6) is 0 Å². The molecule has 0 aliphatic rings. The molecule has 0 unspecified atom stereocenters. The topological polar surface area (TPSA) is 52.0 Å². The second kappa shape index (κ2) is 7.88. The van der Waals surface area contributed by atoms with Gasteiger partial charge in [0.1, 0.15) is 18.6 Å². The summed E-state index contributed by atoms with van der Waals surface area (Å²) in [6.45, 7) is 0.0350. The van der Waals surface area contributed by atoms with E-state index in [2.05, 4.69) is 10.1 Å². The Hall–Kier alpha value is -4.07. The highest BCUT2D eigenvalue weighted by Gasteiger charge is 2.29. The van der Waals surface area contributed by atoms with E-state index in [1.54, 1.807) is 10.6 Å². The second-order valence-electron chi connectivity index (χ2n) is 7.17. The number of nitrogens with zero attached hydrogens (tertiary/aromatic N) is 3. The molecule has 0 aliphatic heterocycles. The lowest BCUT2D eigenvalue weighted by Crippen LogP contribution is -2.04. The van der Waals surface area contributed by atoms with Crippen LogP contribution in [0.2, 0.25) is 0 Å². The minimum absolute atomic E-state index is 0.0350. The lowest BCUT2D eigenvalue weighted by atomic mass is 10.0. The number of hydrogen-bond acceptors (Lipinski definition) is 4. The first-order chi connectivity index (χ1) is 15.5. The van der Waals surface area contributed by atoms with Gasteiger partial charge in [0.2, 0.25) is 0 Å². The van der Waals surface area contributed by atoms with Gasteiger partial charge in [-0.3, -0.25) is 4.40 Å². The average Bonchev–Trinajstić information content (AvgIpc) is 3.38. The van der Waals surface area contributed by atoms with Crippen molar-refractivity contribution in [3.8, 4) is 11.3 Å². The predicted molar refractivity (Wildman–Crippen MR) is 114 cm³/mol. The summed E-state index contributed by atoms with van der Waals surface area (Å²) in [5, 5.41) is 6.21. The normalized spacial score (nSPS) is 12.2. The van der Waals surface area contributed by atoms with Gasteiger partial charge in [0, 0.05) is 11.8 Å². The maximum atomic E-state index is 12.7. The number of halogens is 3. The molecule has 5 aromatic rings. The standard InChI is InChI=1S/C24H16F3N3O2/c25-24(26,27)20-9-5-16(6-10-20)15-32-28-14-21-22(29-23-30(21)11-12-31-23)19-8-7-17-3-1-2-4-18(17)13-19/h1-14H,15H2. The van der Waals surface area contributed by atoms with E-state index in [0.717, 1.165) is 28.5 Å².